The largest absolute Gasteiger partial charge is 0.481 e. The molecule has 0 radical (unpaired) electrons. The first-order chi connectivity index (χ1) is 12.2. The number of carboxylic acids is 1. The van der Waals surface area contributed by atoms with E-state index < -0.39 is 5.97 Å². The van der Waals surface area contributed by atoms with Gasteiger partial charge in [0, 0.05) is 19.3 Å². The van der Waals surface area contributed by atoms with Crippen molar-refractivity contribution >= 4 is 5.97 Å². The molecule has 25 heavy (non-hydrogen) atoms. The zero-order chi connectivity index (χ0) is 18.2. The fourth-order valence-electron chi connectivity index (χ4n) is 3.23. The van der Waals surface area contributed by atoms with Crippen LogP contribution >= 0.6 is 0 Å². The molecule has 1 heterocycles. The zero-order valence-corrected chi connectivity index (χ0v) is 16.2. The highest BCUT2D eigenvalue weighted by molar-refractivity contribution is 5.66. The van der Waals surface area contributed by atoms with Gasteiger partial charge in [0.2, 0.25) is 0 Å². The molecule has 0 amide bonds. The molecular formula is C22H38O3. The number of unbranched alkanes of at least 4 members (excludes halogenated alkanes) is 11. The van der Waals surface area contributed by atoms with Crippen molar-refractivity contribution in [3.8, 4) is 0 Å². The van der Waals surface area contributed by atoms with Crippen LogP contribution in [0.15, 0.2) is 16.5 Å². The van der Waals surface area contributed by atoms with E-state index in [0.717, 1.165) is 37.2 Å². The van der Waals surface area contributed by atoms with E-state index in [9.17, 15) is 4.79 Å². The summed E-state index contributed by atoms with van der Waals surface area (Å²) < 4.78 is 5.93. The van der Waals surface area contributed by atoms with Gasteiger partial charge in [-0.25, -0.2) is 0 Å². The van der Waals surface area contributed by atoms with Crippen molar-refractivity contribution in [1.29, 1.82) is 0 Å². The van der Waals surface area contributed by atoms with E-state index in [1.54, 1.807) is 0 Å². The van der Waals surface area contributed by atoms with Gasteiger partial charge in [-0.2, -0.15) is 0 Å². The first kappa shape index (κ1) is 21.8. The van der Waals surface area contributed by atoms with Gasteiger partial charge in [0.1, 0.15) is 11.5 Å². The minimum atomic E-state index is -0.669. The first-order valence-electron chi connectivity index (χ1n) is 10.5. The van der Waals surface area contributed by atoms with Crippen molar-refractivity contribution in [1.82, 2.24) is 0 Å². The maximum Gasteiger partial charge on any atom is 0.303 e. The van der Waals surface area contributed by atoms with Crippen LogP contribution in [0.1, 0.15) is 108 Å². The topological polar surface area (TPSA) is 50.4 Å². The number of carbonyl (C=O) groups is 1. The first-order valence-corrected chi connectivity index (χ1v) is 10.5. The number of carboxylic acid groups (broad SMARTS) is 1. The van der Waals surface area contributed by atoms with Crippen molar-refractivity contribution in [2.45, 2.75) is 110 Å². The molecule has 0 spiro atoms. The number of hydrogen-bond donors (Lipinski definition) is 1. The van der Waals surface area contributed by atoms with Gasteiger partial charge in [0.15, 0.2) is 0 Å². The van der Waals surface area contributed by atoms with E-state index in [1.807, 2.05) is 0 Å². The lowest BCUT2D eigenvalue weighted by Gasteiger charge is -2.02. The summed E-state index contributed by atoms with van der Waals surface area (Å²) in [4.78, 5) is 10.4. The predicted molar refractivity (Wildman–Crippen MR) is 104 cm³/mol. The van der Waals surface area contributed by atoms with E-state index in [0.29, 0.717) is 6.42 Å². The van der Waals surface area contributed by atoms with Crippen LogP contribution in [0.5, 0.6) is 0 Å². The van der Waals surface area contributed by atoms with Crippen LogP contribution in [0.4, 0.5) is 0 Å². The monoisotopic (exact) mass is 350 g/mol. The second-order valence-corrected chi connectivity index (χ2v) is 7.25. The summed E-state index contributed by atoms with van der Waals surface area (Å²) in [5.74, 6) is 1.64. The Bertz CT molecular complexity index is 436. The smallest absolute Gasteiger partial charge is 0.303 e. The Labute approximate surface area is 154 Å². The Kier molecular flexibility index (Phi) is 13.1. The van der Waals surface area contributed by atoms with Crippen LogP contribution in [0, 0.1) is 0 Å². The second kappa shape index (κ2) is 15.0. The lowest BCUT2D eigenvalue weighted by atomic mass is 10.1. The van der Waals surface area contributed by atoms with E-state index in [-0.39, 0.29) is 0 Å². The third kappa shape index (κ3) is 12.7. The Morgan fingerprint density at radius 3 is 1.68 bits per heavy atom. The minimum absolute atomic E-state index is 0.323. The normalized spacial score (nSPS) is 11.1. The maximum atomic E-state index is 10.4. The van der Waals surface area contributed by atoms with Crippen molar-refractivity contribution in [2.24, 2.45) is 0 Å². The van der Waals surface area contributed by atoms with Crippen LogP contribution in [-0.2, 0) is 17.6 Å². The van der Waals surface area contributed by atoms with Crippen molar-refractivity contribution in [3.05, 3.63) is 23.7 Å². The molecule has 0 fully saturated rings. The van der Waals surface area contributed by atoms with E-state index in [1.165, 1.54) is 70.6 Å². The molecule has 0 aliphatic heterocycles. The zero-order valence-electron chi connectivity index (χ0n) is 16.2. The van der Waals surface area contributed by atoms with Gasteiger partial charge in [-0.3, -0.25) is 4.79 Å². The van der Waals surface area contributed by atoms with Gasteiger partial charge < -0.3 is 9.52 Å². The summed E-state index contributed by atoms with van der Waals surface area (Å²) >= 11 is 0. The number of aryl methyl sites for hydroxylation is 2. The van der Waals surface area contributed by atoms with E-state index in [2.05, 4.69) is 19.1 Å². The molecule has 0 atom stereocenters. The third-order valence-corrected chi connectivity index (χ3v) is 4.81. The van der Waals surface area contributed by atoms with Gasteiger partial charge in [-0.05, 0) is 31.4 Å². The van der Waals surface area contributed by atoms with Gasteiger partial charge in [-0.15, -0.1) is 0 Å². The van der Waals surface area contributed by atoms with Gasteiger partial charge in [0.05, 0.1) is 0 Å². The average Bonchev–Trinajstić information content (AvgIpc) is 3.04. The number of rotatable bonds is 17. The molecule has 0 aliphatic carbocycles. The summed E-state index contributed by atoms with van der Waals surface area (Å²) in [5.41, 5.74) is 0. The average molecular weight is 351 g/mol. The van der Waals surface area contributed by atoms with Crippen LogP contribution in [-0.4, -0.2) is 11.1 Å². The molecule has 1 aromatic heterocycles. The van der Waals surface area contributed by atoms with E-state index in [4.69, 9.17) is 9.52 Å². The Balaban J connectivity index is 1.92. The third-order valence-electron chi connectivity index (χ3n) is 4.81. The molecule has 3 heteroatoms. The number of hydrogen-bond acceptors (Lipinski definition) is 2. The summed E-state index contributed by atoms with van der Waals surface area (Å²) in [5, 5.41) is 8.57. The molecule has 0 aromatic carbocycles. The molecule has 1 N–H and O–H groups in total. The molecule has 1 rings (SSSR count). The molecule has 1 aromatic rings. The molecule has 0 bridgehead atoms. The molecule has 3 nitrogen and oxygen atoms in total. The highest BCUT2D eigenvalue weighted by atomic mass is 16.4. The van der Waals surface area contributed by atoms with Crippen LogP contribution < -0.4 is 0 Å². The lowest BCUT2D eigenvalue weighted by Crippen LogP contribution is -1.93. The fourth-order valence-corrected chi connectivity index (χ4v) is 3.23. The lowest BCUT2D eigenvalue weighted by molar-refractivity contribution is -0.137. The van der Waals surface area contributed by atoms with Crippen LogP contribution in [0.2, 0.25) is 0 Å². The standard InChI is InChI=1S/C22H38O3/c1-2-3-4-9-12-15-20-18-19-21(25-20)16-13-10-7-5-6-8-11-14-17-22(23)24/h18-19H,2-17H2,1H3,(H,23,24). The molecular weight excluding hydrogens is 312 g/mol. The van der Waals surface area contributed by atoms with Crippen molar-refractivity contribution in [3.63, 3.8) is 0 Å². The minimum Gasteiger partial charge on any atom is -0.481 e. The SMILES string of the molecule is CCCCCCCc1ccc(CCCCCCCCCCC(=O)O)o1. The Morgan fingerprint density at radius 2 is 1.20 bits per heavy atom. The maximum absolute atomic E-state index is 10.4. The number of furan rings is 1. The van der Waals surface area contributed by atoms with Crippen molar-refractivity contribution in [2.75, 3.05) is 0 Å². The molecule has 0 saturated carbocycles. The Hall–Kier alpha value is -1.25. The number of aliphatic carboxylic acids is 1. The van der Waals surface area contributed by atoms with E-state index >= 15 is 0 Å². The quantitative estimate of drug-likeness (QED) is 0.310. The summed E-state index contributed by atoms with van der Waals surface area (Å²) in [6.07, 6.45) is 18.4. The van der Waals surface area contributed by atoms with Gasteiger partial charge in [0.25, 0.3) is 0 Å². The van der Waals surface area contributed by atoms with Crippen molar-refractivity contribution < 1.29 is 14.3 Å². The van der Waals surface area contributed by atoms with Gasteiger partial charge >= 0.3 is 5.97 Å². The molecule has 0 aliphatic rings. The second-order valence-electron chi connectivity index (χ2n) is 7.25. The molecule has 0 unspecified atom stereocenters. The summed E-state index contributed by atoms with van der Waals surface area (Å²) in [7, 11) is 0. The van der Waals surface area contributed by atoms with Crippen LogP contribution in [0.25, 0.3) is 0 Å². The van der Waals surface area contributed by atoms with Gasteiger partial charge in [-0.1, -0.05) is 71.1 Å². The fraction of sp³-hybridized carbons (Fsp3) is 0.773. The predicted octanol–water partition coefficient (Wildman–Crippen LogP) is 6.93. The summed E-state index contributed by atoms with van der Waals surface area (Å²) in [6.45, 7) is 2.25. The molecule has 144 valence electrons. The highest BCUT2D eigenvalue weighted by Crippen LogP contribution is 2.16. The van der Waals surface area contributed by atoms with Crippen LogP contribution in [0.3, 0.4) is 0 Å². The highest BCUT2D eigenvalue weighted by Gasteiger charge is 2.02. The molecule has 0 saturated heterocycles. The summed E-state index contributed by atoms with van der Waals surface area (Å²) in [6, 6.07) is 4.32. The Morgan fingerprint density at radius 1 is 0.760 bits per heavy atom.